The van der Waals surface area contributed by atoms with Gasteiger partial charge in [-0.05, 0) is 50.5 Å². The maximum absolute atomic E-state index is 13.0. The fourth-order valence-electron chi connectivity index (χ4n) is 4.63. The van der Waals surface area contributed by atoms with E-state index in [9.17, 15) is 24.3 Å². The molecule has 2 aromatic rings. The highest BCUT2D eigenvalue weighted by atomic mass is 35.5. The maximum Gasteiger partial charge on any atom is 0.328 e. The Morgan fingerprint density at radius 3 is 2.12 bits per heavy atom. The number of aliphatic hydroxyl groups excluding tert-OH is 1. The summed E-state index contributed by atoms with van der Waals surface area (Å²) < 4.78 is 0. The number of nitrogens with one attached hydrogen (secondary N) is 1. The molecule has 0 unspecified atom stereocenters. The zero-order valence-electron chi connectivity index (χ0n) is 24.8. The first-order chi connectivity index (χ1) is 20.1. The van der Waals surface area contributed by atoms with Gasteiger partial charge in [0.25, 0.3) is 0 Å². The number of aliphatic carboxylic acids is 2. The molecule has 1 fully saturated rings. The number of aliphatic hydroxyl groups is 1. The summed E-state index contributed by atoms with van der Waals surface area (Å²) in [6, 6.07) is 16.0. The van der Waals surface area contributed by atoms with Gasteiger partial charge in [-0.15, -0.1) is 0 Å². The molecule has 0 spiro atoms. The molecule has 6 N–H and O–H groups in total. The highest BCUT2D eigenvalue weighted by Gasteiger charge is 2.40. The summed E-state index contributed by atoms with van der Waals surface area (Å²) in [6.45, 7) is 8.97. The number of carbonyl (C=O) groups excluding carboxylic acids is 2. The number of carboxylic acid groups (broad SMARTS) is 2. The molecule has 234 valence electrons. The fraction of sp³-hybridized carbons (Fsp3) is 0.419. The number of para-hydroxylation sites is 2. The van der Waals surface area contributed by atoms with Crippen molar-refractivity contribution in [2.75, 3.05) is 29.9 Å². The number of benzene rings is 2. The van der Waals surface area contributed by atoms with E-state index in [1.54, 1.807) is 11.0 Å². The fourth-order valence-corrected chi connectivity index (χ4v) is 4.87. The first kappa shape index (κ1) is 35.4. The summed E-state index contributed by atoms with van der Waals surface area (Å²) in [7, 11) is 0. The van der Waals surface area contributed by atoms with Gasteiger partial charge in [-0.1, -0.05) is 55.8 Å². The van der Waals surface area contributed by atoms with Crippen molar-refractivity contribution in [2.45, 2.75) is 51.8 Å². The van der Waals surface area contributed by atoms with E-state index >= 15 is 0 Å². The van der Waals surface area contributed by atoms with Crippen molar-refractivity contribution < 1.29 is 34.5 Å². The average Bonchev–Trinajstić information content (AvgIpc) is 2.93. The summed E-state index contributed by atoms with van der Waals surface area (Å²) in [4.78, 5) is 48.7. The molecule has 0 radical (unpaired) electrons. The summed E-state index contributed by atoms with van der Waals surface area (Å²) in [6.07, 6.45) is 0.465. The second-order valence-corrected chi connectivity index (χ2v) is 11.7. The second kappa shape index (κ2) is 16.2. The molecule has 12 heteroatoms. The molecule has 1 aliphatic heterocycles. The second-order valence-electron chi connectivity index (χ2n) is 11.3. The van der Waals surface area contributed by atoms with Gasteiger partial charge >= 0.3 is 11.9 Å². The van der Waals surface area contributed by atoms with E-state index in [2.05, 4.69) is 5.32 Å². The normalized spacial score (nSPS) is 17.1. The predicted molar refractivity (Wildman–Crippen MR) is 166 cm³/mol. The molecule has 0 saturated carbocycles. The van der Waals surface area contributed by atoms with E-state index < -0.39 is 30.0 Å². The number of nitrogens with two attached hydrogens (primary N) is 1. The lowest BCUT2D eigenvalue weighted by atomic mass is 9.86. The van der Waals surface area contributed by atoms with Crippen LogP contribution < -0.4 is 16.0 Å². The number of carboxylic acids is 2. The van der Waals surface area contributed by atoms with Crippen molar-refractivity contribution in [2.24, 2.45) is 17.6 Å². The lowest BCUT2D eigenvalue weighted by Crippen LogP contribution is -2.64. The van der Waals surface area contributed by atoms with Crippen LogP contribution in [0.1, 0.15) is 34.1 Å². The summed E-state index contributed by atoms with van der Waals surface area (Å²) >= 11 is 6.34. The van der Waals surface area contributed by atoms with E-state index in [0.717, 1.165) is 5.69 Å². The number of anilines is 2. The number of hydrogen-bond donors (Lipinski definition) is 5. The molecular weight excluding hydrogens is 576 g/mol. The molecule has 1 heterocycles. The molecule has 43 heavy (non-hydrogen) atoms. The topological polar surface area (TPSA) is 173 Å². The Bertz CT molecular complexity index is 1270. The molecule has 1 saturated heterocycles. The minimum atomic E-state index is -1.26. The third-order valence-electron chi connectivity index (χ3n) is 7.14. The lowest BCUT2D eigenvalue weighted by molar-refractivity contribution is -0.134. The number of carbonyl (C=O) groups is 4. The highest BCUT2D eigenvalue weighted by molar-refractivity contribution is 6.33. The number of hydrogen-bond acceptors (Lipinski definition) is 7. The minimum Gasteiger partial charge on any atom is -0.478 e. The third kappa shape index (κ3) is 11.1. The van der Waals surface area contributed by atoms with Gasteiger partial charge in [0.05, 0.1) is 23.4 Å². The van der Waals surface area contributed by atoms with Gasteiger partial charge in [0.1, 0.15) is 0 Å². The van der Waals surface area contributed by atoms with Gasteiger partial charge in [-0.25, -0.2) is 9.59 Å². The standard InChI is InChI=1S/C27H37ClN4O3.C4H4O4/c1-18(2)20(26(35)30-19-10-6-5-7-11-19)14-24(33)22(29)15-31-16-25(34)32(17-27(31,3)4)23-13-9-8-12-21(23)28;5-3(6)1-2-4(7)8/h5-13,18,20,22,24,33H,14-17,29H2,1-4H3,(H,30,35);1-2H,(H,5,6)(H,7,8)/b;2-1+/t20-,22-,24-;/m0./s1. The highest BCUT2D eigenvalue weighted by Crippen LogP contribution is 2.31. The SMILES string of the molecule is CC(C)[C@H](C[C@H](O)[C@@H](N)CN1CC(=O)N(c2ccccc2Cl)CC1(C)C)C(=O)Nc1ccccc1.O=C(O)/C=C/C(=O)O. The monoisotopic (exact) mass is 616 g/mol. The van der Waals surface area contributed by atoms with Crippen LogP contribution in [0.2, 0.25) is 5.02 Å². The molecule has 11 nitrogen and oxygen atoms in total. The Kier molecular flexibility index (Phi) is 13.3. The van der Waals surface area contributed by atoms with E-state index in [1.165, 1.54) is 0 Å². The predicted octanol–water partition coefficient (Wildman–Crippen LogP) is 3.47. The van der Waals surface area contributed by atoms with E-state index in [-0.39, 0.29) is 36.2 Å². The van der Waals surface area contributed by atoms with Gasteiger partial charge in [0.2, 0.25) is 11.8 Å². The molecular formula is C31H41ClN4O7. The number of amides is 2. The quantitative estimate of drug-likeness (QED) is 0.237. The first-order valence-electron chi connectivity index (χ1n) is 13.9. The Hall–Kier alpha value is -3.77. The van der Waals surface area contributed by atoms with Crippen LogP contribution in [-0.4, -0.2) is 81.3 Å². The van der Waals surface area contributed by atoms with Crippen LogP contribution in [0.4, 0.5) is 11.4 Å². The molecule has 0 aliphatic carbocycles. The van der Waals surface area contributed by atoms with Crippen molar-refractivity contribution in [1.82, 2.24) is 4.90 Å². The van der Waals surface area contributed by atoms with Gasteiger partial charge in [-0.2, -0.15) is 0 Å². The van der Waals surface area contributed by atoms with E-state index in [0.29, 0.717) is 36.0 Å². The zero-order chi connectivity index (χ0) is 32.3. The third-order valence-corrected chi connectivity index (χ3v) is 7.46. The number of piperazine rings is 1. The number of rotatable bonds is 11. The van der Waals surface area contributed by atoms with Gasteiger partial charge in [0.15, 0.2) is 0 Å². The Labute approximate surface area is 256 Å². The Morgan fingerprint density at radius 2 is 1.58 bits per heavy atom. The average molecular weight is 617 g/mol. The van der Waals surface area contributed by atoms with Crippen LogP contribution >= 0.6 is 11.6 Å². The summed E-state index contributed by atoms with van der Waals surface area (Å²) in [5, 5.41) is 30.0. The molecule has 2 aromatic carbocycles. The van der Waals surface area contributed by atoms with Crippen LogP contribution in [0.3, 0.4) is 0 Å². The van der Waals surface area contributed by atoms with E-state index in [1.807, 2.05) is 81.1 Å². The van der Waals surface area contributed by atoms with Gasteiger partial charge < -0.3 is 31.3 Å². The molecule has 3 atom stereocenters. The number of nitrogens with zero attached hydrogens (tertiary/aromatic N) is 2. The van der Waals surface area contributed by atoms with Crippen LogP contribution in [0.15, 0.2) is 66.7 Å². The van der Waals surface area contributed by atoms with Crippen LogP contribution in [0.5, 0.6) is 0 Å². The van der Waals surface area contributed by atoms with Crippen molar-refractivity contribution in [3.8, 4) is 0 Å². The van der Waals surface area contributed by atoms with Crippen LogP contribution in [0.25, 0.3) is 0 Å². The first-order valence-corrected chi connectivity index (χ1v) is 14.2. The van der Waals surface area contributed by atoms with Crippen LogP contribution in [-0.2, 0) is 19.2 Å². The minimum absolute atomic E-state index is 0.0257. The van der Waals surface area contributed by atoms with Crippen molar-refractivity contribution >= 4 is 46.7 Å². The molecule has 1 aliphatic rings. The lowest BCUT2D eigenvalue weighted by Gasteiger charge is -2.47. The van der Waals surface area contributed by atoms with Crippen molar-refractivity contribution in [3.05, 3.63) is 71.8 Å². The number of halogens is 1. The van der Waals surface area contributed by atoms with Gasteiger partial charge in [-0.3, -0.25) is 14.5 Å². The smallest absolute Gasteiger partial charge is 0.328 e. The van der Waals surface area contributed by atoms with Crippen molar-refractivity contribution in [1.29, 1.82) is 0 Å². The van der Waals surface area contributed by atoms with Crippen molar-refractivity contribution in [3.63, 3.8) is 0 Å². The van der Waals surface area contributed by atoms with E-state index in [4.69, 9.17) is 27.5 Å². The molecule has 0 aromatic heterocycles. The molecule has 2 amide bonds. The molecule has 0 bridgehead atoms. The van der Waals surface area contributed by atoms with Crippen LogP contribution in [0, 0.1) is 11.8 Å². The van der Waals surface area contributed by atoms with Gasteiger partial charge in [0, 0.05) is 48.4 Å². The Morgan fingerprint density at radius 1 is 1.02 bits per heavy atom. The largest absolute Gasteiger partial charge is 0.478 e. The Balaban J connectivity index is 0.000000708. The zero-order valence-corrected chi connectivity index (χ0v) is 25.6. The maximum atomic E-state index is 13.0. The summed E-state index contributed by atoms with van der Waals surface area (Å²) in [5.41, 5.74) is 7.45. The molecule has 3 rings (SSSR count). The summed E-state index contributed by atoms with van der Waals surface area (Å²) in [5.74, 6) is -3.09.